The highest BCUT2D eigenvalue weighted by molar-refractivity contribution is 6.39. The molecule has 4 aliphatic heterocycles. The van der Waals surface area contributed by atoms with Gasteiger partial charge in [0, 0.05) is 84.7 Å². The van der Waals surface area contributed by atoms with Gasteiger partial charge in [0.25, 0.3) is 11.7 Å². The van der Waals surface area contributed by atoms with E-state index in [0.717, 1.165) is 64.1 Å². The quantitative estimate of drug-likeness (QED) is 0.0935. The van der Waals surface area contributed by atoms with Crippen LogP contribution in [0.1, 0.15) is 132 Å². The van der Waals surface area contributed by atoms with E-state index in [1.165, 1.54) is 12.0 Å². The van der Waals surface area contributed by atoms with Crippen LogP contribution in [0.3, 0.4) is 0 Å². The average Bonchev–Trinajstić information content (AvgIpc) is 3.39. The molecule has 0 aromatic heterocycles. The number of hydrogen-bond donors (Lipinski definition) is 2. The molecule has 0 unspecified atom stereocenters. The number of amides is 1. The number of cyclic esters (lactones) is 1. The Morgan fingerprint density at radius 3 is 2.27 bits per heavy atom. The van der Waals surface area contributed by atoms with Crippen LogP contribution in [-0.2, 0) is 57.1 Å². The van der Waals surface area contributed by atoms with Gasteiger partial charge in [0.05, 0.1) is 37.6 Å². The fraction of sp³-hybridized carbons (Fsp3) is 0.776. The van der Waals surface area contributed by atoms with Crippen molar-refractivity contribution in [2.45, 2.75) is 186 Å². The molecule has 418 valence electrons. The highest BCUT2D eigenvalue weighted by atomic mass is 16.6. The predicted molar refractivity (Wildman–Crippen MR) is 281 cm³/mol. The molecule has 16 heteroatoms. The number of morpholine rings is 1. The van der Waals surface area contributed by atoms with Gasteiger partial charge in [-0.3, -0.25) is 24.1 Å². The maximum atomic E-state index is 14.6. The molecule has 0 aromatic carbocycles. The van der Waals surface area contributed by atoms with E-state index in [1.54, 1.807) is 41.1 Å². The van der Waals surface area contributed by atoms with Crippen LogP contribution < -0.4 is 0 Å². The fourth-order valence-electron chi connectivity index (χ4n) is 11.6. The van der Waals surface area contributed by atoms with Gasteiger partial charge in [0.15, 0.2) is 5.78 Å². The van der Waals surface area contributed by atoms with Gasteiger partial charge in [-0.15, -0.1) is 0 Å². The van der Waals surface area contributed by atoms with Gasteiger partial charge in [-0.25, -0.2) is 4.79 Å². The molecular weight excluding hydrogens is 949 g/mol. The molecule has 1 amide bonds. The zero-order chi connectivity index (χ0) is 54.1. The number of Topliss-reactive ketones (excluding diaryl/α,β-unsaturated/α-hetero) is 3. The number of ether oxygens (including phenoxy) is 7. The first kappa shape index (κ1) is 61.4. The summed E-state index contributed by atoms with van der Waals surface area (Å²) in [5.74, 6) is -7.79. The van der Waals surface area contributed by atoms with Crippen molar-refractivity contribution < 1.29 is 67.3 Å². The number of carbonyl (C=O) groups excluding carboxylic acids is 5. The maximum absolute atomic E-state index is 14.6. The van der Waals surface area contributed by atoms with Gasteiger partial charge >= 0.3 is 5.97 Å². The van der Waals surface area contributed by atoms with Crippen LogP contribution in [0.4, 0.5) is 0 Å². The maximum Gasteiger partial charge on any atom is 0.329 e. The molecule has 0 radical (unpaired) electrons. The van der Waals surface area contributed by atoms with Crippen LogP contribution in [0.25, 0.3) is 0 Å². The van der Waals surface area contributed by atoms with Crippen molar-refractivity contribution >= 4 is 29.2 Å². The van der Waals surface area contributed by atoms with Crippen molar-refractivity contribution in [3.05, 3.63) is 47.6 Å². The lowest BCUT2D eigenvalue weighted by Gasteiger charge is -2.42. The molecule has 0 aromatic rings. The molecule has 1 aliphatic carbocycles. The average molecular weight is 1040 g/mol. The minimum atomic E-state index is -2.43. The summed E-state index contributed by atoms with van der Waals surface area (Å²) >= 11 is 0. The molecule has 5 aliphatic rings. The summed E-state index contributed by atoms with van der Waals surface area (Å²) in [7, 11) is 4.68. The van der Waals surface area contributed by atoms with Crippen molar-refractivity contribution in [2.24, 2.45) is 35.5 Å². The second-order valence-corrected chi connectivity index (χ2v) is 22.2. The number of allylic oxidation sites excluding steroid dienone is 6. The predicted octanol–water partition coefficient (Wildman–Crippen LogP) is 6.93. The summed E-state index contributed by atoms with van der Waals surface area (Å²) in [6.07, 6.45) is 13.6. The molecule has 16 nitrogen and oxygen atoms in total. The highest BCUT2D eigenvalue weighted by Crippen LogP contribution is 2.38. The second kappa shape index (κ2) is 29.9. The van der Waals surface area contributed by atoms with Gasteiger partial charge < -0.3 is 48.3 Å². The number of piperidine rings is 1. The fourth-order valence-corrected chi connectivity index (χ4v) is 11.6. The van der Waals surface area contributed by atoms with Gasteiger partial charge in [-0.1, -0.05) is 71.1 Å². The summed E-state index contributed by atoms with van der Waals surface area (Å²) in [6.45, 7) is 17.9. The molecule has 15 atom stereocenters. The Balaban J connectivity index is 1.40. The van der Waals surface area contributed by atoms with E-state index in [1.807, 2.05) is 58.1 Å². The topological polar surface area (TPSA) is 197 Å². The minimum absolute atomic E-state index is 0.0195. The van der Waals surface area contributed by atoms with Crippen LogP contribution in [0.2, 0.25) is 0 Å². The van der Waals surface area contributed by atoms with Crippen molar-refractivity contribution in [1.29, 1.82) is 0 Å². The molecule has 4 fully saturated rings. The summed E-state index contributed by atoms with van der Waals surface area (Å²) in [5, 5.41) is 23.6. The zero-order valence-electron chi connectivity index (χ0n) is 46.4. The number of methoxy groups -OCH3 is 3. The lowest BCUT2D eigenvalue weighted by molar-refractivity contribution is -0.265. The van der Waals surface area contributed by atoms with Gasteiger partial charge in [-0.2, -0.15) is 0 Å². The summed E-state index contributed by atoms with van der Waals surface area (Å²) in [5.41, 5.74) is 1.28. The van der Waals surface area contributed by atoms with Crippen LogP contribution in [0.5, 0.6) is 0 Å². The standard InChI is InChI=1S/C58H92N2O14/c1-37-17-12-11-13-18-38(2)49(68-8)35-45-22-20-43(7)58(67,74-45)55(64)56(65)60-25-15-14-19-46(60)57(66)73-50(36-47(61)39(3)32-42(6)53(63)54(70-10)52(62)41(5)31-37)40(4)33-44-21-23-48(51(34-44)69-9)72-28-16-24-59-26-29-71-30-27-59/h11-13,17-18,32,37,39-41,43-46,48-51,53-54,63,67H,14-16,19-31,33-36H2,1-10H3/b13-11+,17-12+,38-18+,42-32+/t37-,39-,40-,41-,43-,44+,45+,46+,48-,49+,50+,51-,53-,54+,58-/m1/s1. The number of aliphatic hydroxyl groups is 2. The molecule has 1 saturated carbocycles. The van der Waals surface area contributed by atoms with E-state index in [9.17, 15) is 34.2 Å². The van der Waals surface area contributed by atoms with Crippen LogP contribution in [0.15, 0.2) is 47.6 Å². The Hall–Kier alpha value is -3.45. The summed E-state index contributed by atoms with van der Waals surface area (Å²) in [4.78, 5) is 75.1. The highest BCUT2D eigenvalue weighted by Gasteiger charge is 2.53. The second-order valence-electron chi connectivity index (χ2n) is 22.2. The number of hydrogen-bond acceptors (Lipinski definition) is 15. The number of fused-ring (bicyclic) bond motifs is 3. The summed E-state index contributed by atoms with van der Waals surface area (Å²) < 4.78 is 41.9. The Bertz CT molecular complexity index is 1960. The Morgan fingerprint density at radius 2 is 1.57 bits per heavy atom. The first-order chi connectivity index (χ1) is 35.3. The third-order valence-corrected chi connectivity index (χ3v) is 16.5. The van der Waals surface area contributed by atoms with Gasteiger partial charge in [-0.05, 0) is 113 Å². The Kier molecular flexibility index (Phi) is 24.8. The van der Waals surface area contributed by atoms with Crippen molar-refractivity contribution in [3.8, 4) is 0 Å². The van der Waals surface area contributed by atoms with E-state index < -0.39 is 77.8 Å². The zero-order valence-corrected chi connectivity index (χ0v) is 46.4. The lowest BCUT2D eigenvalue weighted by atomic mass is 9.78. The monoisotopic (exact) mass is 1040 g/mol. The minimum Gasteiger partial charge on any atom is -0.460 e. The van der Waals surface area contributed by atoms with E-state index in [2.05, 4.69) is 4.90 Å². The van der Waals surface area contributed by atoms with Gasteiger partial charge in [0.1, 0.15) is 30.1 Å². The molecule has 4 heterocycles. The van der Waals surface area contributed by atoms with Crippen LogP contribution in [0, 0.1) is 35.5 Å². The van der Waals surface area contributed by atoms with Crippen molar-refractivity contribution in [2.75, 3.05) is 67.3 Å². The van der Waals surface area contributed by atoms with Gasteiger partial charge in [0.2, 0.25) is 5.79 Å². The number of rotatable bonds is 11. The molecule has 0 spiro atoms. The van der Waals surface area contributed by atoms with E-state index in [0.29, 0.717) is 57.1 Å². The third-order valence-electron chi connectivity index (χ3n) is 16.5. The largest absolute Gasteiger partial charge is 0.460 e. The molecule has 3 saturated heterocycles. The molecule has 2 N–H and O–H groups in total. The number of ketones is 3. The number of aliphatic hydroxyl groups excluding tert-OH is 1. The van der Waals surface area contributed by atoms with E-state index in [-0.39, 0.29) is 60.9 Å². The third kappa shape index (κ3) is 17.0. The SMILES string of the molecule is CO[C@H]1C[C@@H]2CC[C@@H](C)[C@@](O)(O2)C(=O)C(=O)N2CCCC[C@H]2C(=O)O[C@H]([C@H](C)C[C@@H]2CC[C@@H](OCCCN3CCOCC3)[C@H](OC)C2)CC(=O)[C@H](C)/C=C(\C)[C@@H](O)[C@@H](OC)C(=O)[C@H](C)C[C@H](C)/C=C/C=C/C=C/1C. The Labute approximate surface area is 441 Å². The number of carbonyl (C=O) groups is 5. The molecule has 2 bridgehead atoms. The molecule has 74 heavy (non-hydrogen) atoms. The van der Waals surface area contributed by atoms with E-state index >= 15 is 0 Å². The Morgan fingerprint density at radius 1 is 0.824 bits per heavy atom. The van der Waals surface area contributed by atoms with Crippen molar-refractivity contribution in [1.82, 2.24) is 9.80 Å². The first-order valence-corrected chi connectivity index (χ1v) is 27.7. The van der Waals surface area contributed by atoms with Crippen LogP contribution >= 0.6 is 0 Å². The smallest absolute Gasteiger partial charge is 0.329 e. The van der Waals surface area contributed by atoms with Crippen LogP contribution in [-0.4, -0.2) is 171 Å². The van der Waals surface area contributed by atoms with E-state index in [4.69, 9.17) is 33.2 Å². The summed E-state index contributed by atoms with van der Waals surface area (Å²) in [6, 6.07) is -1.13. The normalized spacial score (nSPS) is 38.5. The molecular formula is C58H92N2O14. The number of nitrogens with zero attached hydrogens (tertiary/aromatic N) is 2. The number of esters is 1. The lowest BCUT2D eigenvalue weighted by Crippen LogP contribution is -2.61. The first-order valence-electron chi connectivity index (χ1n) is 27.7. The van der Waals surface area contributed by atoms with Crippen molar-refractivity contribution in [3.63, 3.8) is 0 Å². The molecule has 5 rings (SSSR count).